The third kappa shape index (κ3) is 6.07. The number of piperazine rings is 1. The Morgan fingerprint density at radius 2 is 2.02 bits per heavy atom. The fraction of sp³-hybridized carbons (Fsp3) is 0.536. The highest BCUT2D eigenvalue weighted by Gasteiger charge is 2.38. The summed E-state index contributed by atoms with van der Waals surface area (Å²) in [5.41, 5.74) is 0.618. The number of nitrogens with zero attached hydrogens (tertiary/aromatic N) is 8. The van der Waals surface area contributed by atoms with E-state index >= 15 is 0 Å². The molecule has 41 heavy (non-hydrogen) atoms. The van der Waals surface area contributed by atoms with Gasteiger partial charge in [-0.1, -0.05) is 6.58 Å². The quantitative estimate of drug-likeness (QED) is 0.465. The van der Waals surface area contributed by atoms with E-state index < -0.39 is 11.7 Å². The van der Waals surface area contributed by atoms with Crippen molar-refractivity contribution in [1.82, 2.24) is 24.8 Å². The van der Waals surface area contributed by atoms with E-state index in [9.17, 15) is 23.2 Å². The number of ether oxygens (including phenoxy) is 1. The van der Waals surface area contributed by atoms with Crippen LogP contribution in [-0.4, -0.2) is 89.1 Å². The average molecular weight is 571 g/mol. The molecule has 2 aromatic rings. The summed E-state index contributed by atoms with van der Waals surface area (Å²) in [6, 6.07) is 4.52. The molecule has 0 radical (unpaired) electrons. The number of hydrogen-bond acceptors (Lipinski definition) is 9. The zero-order chi connectivity index (χ0) is 29.1. The van der Waals surface area contributed by atoms with E-state index in [1.54, 1.807) is 9.80 Å². The molecule has 3 aliphatic heterocycles. The highest BCUT2D eigenvalue weighted by Crippen LogP contribution is 2.38. The summed E-state index contributed by atoms with van der Waals surface area (Å²) < 4.78 is 47.4. The summed E-state index contributed by atoms with van der Waals surface area (Å²) in [6.07, 6.45) is 0.692. The number of fused-ring (bicyclic) bond motifs is 1. The fourth-order valence-electron chi connectivity index (χ4n) is 5.86. The first-order valence-electron chi connectivity index (χ1n) is 13.7. The minimum atomic E-state index is -4.54. The highest BCUT2D eigenvalue weighted by molar-refractivity contribution is 5.87. The summed E-state index contributed by atoms with van der Waals surface area (Å²) in [4.78, 5) is 33.5. The van der Waals surface area contributed by atoms with Gasteiger partial charge in [-0.2, -0.15) is 28.4 Å². The summed E-state index contributed by atoms with van der Waals surface area (Å²) in [5.74, 6) is 0.271. The van der Waals surface area contributed by atoms with E-state index in [1.807, 2.05) is 11.9 Å². The third-order valence-electron chi connectivity index (χ3n) is 8.06. The lowest BCUT2D eigenvalue weighted by Gasteiger charge is -2.42. The normalized spacial score (nSPS) is 21.4. The highest BCUT2D eigenvalue weighted by atomic mass is 19.4. The number of alkyl halides is 3. The molecule has 2 aromatic heterocycles. The number of anilines is 2. The van der Waals surface area contributed by atoms with Crippen LogP contribution in [0.2, 0.25) is 0 Å². The van der Waals surface area contributed by atoms with Gasteiger partial charge in [0, 0.05) is 44.0 Å². The van der Waals surface area contributed by atoms with Crippen molar-refractivity contribution in [2.24, 2.45) is 0 Å². The third-order valence-corrected chi connectivity index (χ3v) is 8.06. The molecule has 2 atom stereocenters. The van der Waals surface area contributed by atoms with Gasteiger partial charge in [0.1, 0.15) is 18.2 Å². The Morgan fingerprint density at radius 3 is 2.73 bits per heavy atom. The van der Waals surface area contributed by atoms with Gasteiger partial charge >= 0.3 is 12.2 Å². The molecule has 0 aromatic carbocycles. The van der Waals surface area contributed by atoms with E-state index in [0.717, 1.165) is 31.0 Å². The van der Waals surface area contributed by atoms with Gasteiger partial charge in [0.25, 0.3) is 0 Å². The monoisotopic (exact) mass is 570 g/mol. The van der Waals surface area contributed by atoms with E-state index in [4.69, 9.17) is 9.72 Å². The van der Waals surface area contributed by atoms with Crippen LogP contribution in [0.5, 0.6) is 6.01 Å². The molecule has 0 aliphatic carbocycles. The Labute approximate surface area is 237 Å². The first-order chi connectivity index (χ1) is 19.7. The van der Waals surface area contributed by atoms with Crippen LogP contribution in [0.3, 0.4) is 0 Å². The molecular formula is C28H33F3N8O2. The molecule has 0 bridgehead atoms. The fourth-order valence-corrected chi connectivity index (χ4v) is 5.86. The van der Waals surface area contributed by atoms with Crippen LogP contribution in [0, 0.1) is 11.3 Å². The second-order valence-electron chi connectivity index (χ2n) is 10.6. The molecule has 0 saturated carbocycles. The lowest BCUT2D eigenvalue weighted by Crippen LogP contribution is -2.55. The lowest BCUT2D eigenvalue weighted by atomic mass is 10.0. The molecule has 1 amide bonds. The van der Waals surface area contributed by atoms with Gasteiger partial charge in [-0.05, 0) is 51.1 Å². The molecular weight excluding hydrogens is 537 g/mol. The van der Waals surface area contributed by atoms with Gasteiger partial charge in [-0.3, -0.25) is 4.79 Å². The van der Waals surface area contributed by atoms with Gasteiger partial charge < -0.3 is 24.3 Å². The average Bonchev–Trinajstić information content (AvgIpc) is 3.39. The maximum atomic E-state index is 13.8. The van der Waals surface area contributed by atoms with Crippen LogP contribution >= 0.6 is 0 Å². The minimum absolute atomic E-state index is 0.112. The van der Waals surface area contributed by atoms with Gasteiger partial charge in [-0.15, -0.1) is 0 Å². The SMILES string of the molecule is C=CC(=O)N1CCN(c2nc(OC[C@@H]3CCCN3C)nc3c2CCN(c2ncccc2C(F)(F)F)C3)C[C@@H]1CC#N. The van der Waals surface area contributed by atoms with Crippen molar-refractivity contribution in [3.05, 3.63) is 47.8 Å². The van der Waals surface area contributed by atoms with E-state index in [2.05, 4.69) is 27.5 Å². The summed E-state index contributed by atoms with van der Waals surface area (Å²) in [5, 5.41) is 9.42. The molecule has 0 spiro atoms. The number of nitriles is 1. The number of rotatable bonds is 7. The van der Waals surface area contributed by atoms with Crippen molar-refractivity contribution in [3.63, 3.8) is 0 Å². The largest absolute Gasteiger partial charge is 0.462 e. The predicted molar refractivity (Wildman–Crippen MR) is 145 cm³/mol. The zero-order valence-electron chi connectivity index (χ0n) is 23.0. The standard InChI is InChI=1S/C28H33F3N8O2/c1-3-24(40)39-15-14-38(16-19(39)8-10-32)25-21-9-13-37(26-22(28(29,30)31)7-4-11-33-26)17-23(21)34-27(35-25)41-18-20-6-5-12-36(20)2/h3-4,7,11,19-20H,1,5-6,8-9,12-18H2,2H3/t19-,20-/m0/s1. The molecule has 13 heteroatoms. The van der Waals surface area contributed by atoms with Crippen molar-refractivity contribution < 1.29 is 22.7 Å². The van der Waals surface area contributed by atoms with Crippen LogP contribution in [0.15, 0.2) is 31.0 Å². The summed E-state index contributed by atoms with van der Waals surface area (Å²) in [7, 11) is 2.04. The minimum Gasteiger partial charge on any atom is -0.462 e. The zero-order valence-corrected chi connectivity index (χ0v) is 23.0. The number of carbonyl (C=O) groups is 1. The van der Waals surface area contributed by atoms with Gasteiger partial charge in [0.05, 0.1) is 36.3 Å². The van der Waals surface area contributed by atoms with E-state index in [0.29, 0.717) is 50.7 Å². The van der Waals surface area contributed by atoms with E-state index in [1.165, 1.54) is 18.3 Å². The number of likely N-dealkylation sites (N-methyl/N-ethyl adjacent to an activating group) is 1. The lowest BCUT2D eigenvalue weighted by molar-refractivity contribution is -0.137. The van der Waals surface area contributed by atoms with Crippen molar-refractivity contribution in [3.8, 4) is 12.1 Å². The number of likely N-dealkylation sites (tertiary alicyclic amines) is 1. The number of aromatic nitrogens is 3. The molecule has 10 nitrogen and oxygen atoms in total. The molecule has 5 rings (SSSR count). The number of pyridine rings is 1. The van der Waals surface area contributed by atoms with Crippen molar-refractivity contribution in [2.75, 3.05) is 56.2 Å². The molecule has 0 unspecified atom stereocenters. The van der Waals surface area contributed by atoms with Crippen molar-refractivity contribution in [1.29, 1.82) is 5.26 Å². The Bertz CT molecular complexity index is 1330. The van der Waals surface area contributed by atoms with E-state index in [-0.39, 0.29) is 42.8 Å². The maximum Gasteiger partial charge on any atom is 0.419 e. The first kappa shape index (κ1) is 28.6. The van der Waals surface area contributed by atoms with Gasteiger partial charge in [-0.25, -0.2) is 4.98 Å². The van der Waals surface area contributed by atoms with Crippen LogP contribution in [-0.2, 0) is 23.9 Å². The Balaban J connectivity index is 1.47. The molecule has 3 aliphatic rings. The summed E-state index contributed by atoms with van der Waals surface area (Å²) >= 11 is 0. The number of amides is 1. The summed E-state index contributed by atoms with van der Waals surface area (Å²) in [6.45, 7) is 6.61. The first-order valence-corrected chi connectivity index (χ1v) is 13.7. The number of hydrogen-bond donors (Lipinski definition) is 0. The second-order valence-corrected chi connectivity index (χ2v) is 10.6. The van der Waals surface area contributed by atoms with Crippen LogP contribution in [0.1, 0.15) is 36.1 Å². The van der Waals surface area contributed by atoms with Crippen LogP contribution in [0.25, 0.3) is 0 Å². The maximum absolute atomic E-state index is 13.8. The van der Waals surface area contributed by atoms with Crippen LogP contribution in [0.4, 0.5) is 24.8 Å². The Hall–Kier alpha value is -3.92. The Morgan fingerprint density at radius 1 is 1.20 bits per heavy atom. The second kappa shape index (κ2) is 11.9. The molecule has 5 heterocycles. The van der Waals surface area contributed by atoms with Gasteiger partial charge in [0.15, 0.2) is 0 Å². The number of carbonyl (C=O) groups excluding carboxylic acids is 1. The van der Waals surface area contributed by atoms with Gasteiger partial charge in [0.2, 0.25) is 5.91 Å². The van der Waals surface area contributed by atoms with Crippen molar-refractivity contribution >= 4 is 17.5 Å². The smallest absolute Gasteiger partial charge is 0.419 e. The molecule has 0 N–H and O–H groups in total. The number of halogens is 3. The molecule has 2 saturated heterocycles. The topological polar surface area (TPSA) is 102 Å². The molecule has 2 fully saturated rings. The Kier molecular flexibility index (Phi) is 8.30. The molecule has 218 valence electrons. The predicted octanol–water partition coefficient (Wildman–Crippen LogP) is 3.04. The van der Waals surface area contributed by atoms with Crippen molar-refractivity contribution in [2.45, 2.75) is 50.5 Å². The van der Waals surface area contributed by atoms with Crippen LogP contribution < -0.4 is 14.5 Å².